The number of carbonyl (C=O) groups excluding carboxylic acids is 2. The highest BCUT2D eigenvalue weighted by Gasteiger charge is 2.30. The van der Waals surface area contributed by atoms with Gasteiger partial charge in [-0.3, -0.25) is 18.6 Å². The Hall–Kier alpha value is -4.11. The minimum absolute atomic E-state index is 0.0266. The number of likely N-dealkylation sites (N-methyl/N-ethyl adjacent to an activating group) is 1. The number of amides is 1. The number of allylic oxidation sites excluding steroid dienone is 23. The van der Waals surface area contributed by atoms with E-state index in [9.17, 15) is 19.0 Å². The molecule has 0 saturated carbocycles. The quantitative estimate of drug-likeness (QED) is 0.0205. The second-order valence-corrected chi connectivity index (χ2v) is 25.7. The lowest BCUT2D eigenvalue weighted by Crippen LogP contribution is -2.47. The zero-order valence-corrected chi connectivity index (χ0v) is 57.6. The van der Waals surface area contributed by atoms with Gasteiger partial charge in [0, 0.05) is 12.8 Å². The van der Waals surface area contributed by atoms with Crippen molar-refractivity contribution in [3.63, 3.8) is 0 Å². The molecule has 10 heteroatoms. The molecular formula is C77H132N2O7P+. The fourth-order valence-electron chi connectivity index (χ4n) is 9.44. The minimum Gasteiger partial charge on any atom is -0.456 e. The Labute approximate surface area is 536 Å². The number of esters is 1. The number of ether oxygens (including phenoxy) is 1. The summed E-state index contributed by atoms with van der Waals surface area (Å²) in [6, 6.07) is -0.875. The summed E-state index contributed by atoms with van der Waals surface area (Å²) in [5, 5.41) is 3.06. The highest BCUT2D eigenvalue weighted by molar-refractivity contribution is 7.47. The third kappa shape index (κ3) is 66.1. The van der Waals surface area contributed by atoms with Crippen LogP contribution >= 0.6 is 7.82 Å². The molecule has 3 atom stereocenters. The van der Waals surface area contributed by atoms with Gasteiger partial charge in [-0.2, -0.15) is 0 Å². The zero-order valence-electron chi connectivity index (χ0n) is 56.7. The van der Waals surface area contributed by atoms with E-state index in [-0.39, 0.29) is 31.5 Å². The molecule has 87 heavy (non-hydrogen) atoms. The Kier molecular flexibility index (Phi) is 61.8. The van der Waals surface area contributed by atoms with Crippen LogP contribution in [0.1, 0.15) is 278 Å². The predicted molar refractivity (Wildman–Crippen MR) is 378 cm³/mol. The number of unbranched alkanes of at least 4 members (excludes halogenated alkanes) is 24. The SMILES string of the molecule is CC/C=C\C/C=C\C/C=C\C/C=C\C/C=C\C/C=C\CCCCCCC(=O)OC(/C=C/CCCCCCCCCCCCC)C(COP(=O)(O)OCC[N+](C)(C)C)NC(=O)CCCCCCCCCCC/C=C\C/C=C\C/C=C\C/C=C\C/C=C\CC. The summed E-state index contributed by atoms with van der Waals surface area (Å²) in [6.45, 7) is 6.76. The van der Waals surface area contributed by atoms with Gasteiger partial charge in [0.05, 0.1) is 33.8 Å². The number of rotatable bonds is 62. The Bertz CT molecular complexity index is 2000. The lowest BCUT2D eigenvalue weighted by Gasteiger charge is -2.27. The van der Waals surface area contributed by atoms with Crippen LogP contribution in [0.15, 0.2) is 146 Å². The molecule has 9 nitrogen and oxygen atoms in total. The predicted octanol–water partition coefficient (Wildman–Crippen LogP) is 22.6. The lowest BCUT2D eigenvalue weighted by atomic mass is 10.0. The van der Waals surface area contributed by atoms with Crippen molar-refractivity contribution in [3.05, 3.63) is 146 Å². The summed E-state index contributed by atoms with van der Waals surface area (Å²) in [7, 11) is 1.46. The van der Waals surface area contributed by atoms with Gasteiger partial charge in [0.15, 0.2) is 0 Å². The van der Waals surface area contributed by atoms with Crippen molar-refractivity contribution >= 4 is 19.7 Å². The van der Waals surface area contributed by atoms with Crippen LogP contribution in [0, 0.1) is 0 Å². The van der Waals surface area contributed by atoms with E-state index in [4.69, 9.17) is 13.8 Å². The molecular weight excluding hydrogens is 1100 g/mol. The molecule has 0 aliphatic heterocycles. The third-order valence-electron chi connectivity index (χ3n) is 14.8. The largest absolute Gasteiger partial charge is 0.472 e. The van der Waals surface area contributed by atoms with Crippen LogP contribution < -0.4 is 5.32 Å². The molecule has 0 radical (unpaired) electrons. The number of nitrogens with one attached hydrogen (secondary N) is 1. The lowest BCUT2D eigenvalue weighted by molar-refractivity contribution is -0.870. The summed E-state index contributed by atoms with van der Waals surface area (Å²) in [5.41, 5.74) is 0. The van der Waals surface area contributed by atoms with Gasteiger partial charge < -0.3 is 19.4 Å². The second kappa shape index (κ2) is 64.9. The first-order valence-corrected chi connectivity index (χ1v) is 36.7. The number of quaternary nitrogens is 1. The first-order chi connectivity index (χ1) is 42.4. The van der Waals surface area contributed by atoms with Crippen molar-refractivity contribution in [1.82, 2.24) is 5.32 Å². The normalized spacial score (nSPS) is 14.4. The van der Waals surface area contributed by atoms with Gasteiger partial charge in [-0.15, -0.1) is 0 Å². The molecule has 0 aliphatic carbocycles. The number of nitrogens with zero attached hydrogens (tertiary/aromatic N) is 1. The number of hydrogen-bond donors (Lipinski definition) is 2. The van der Waals surface area contributed by atoms with Gasteiger partial charge in [-0.05, 0) is 128 Å². The molecule has 2 N–H and O–H groups in total. The van der Waals surface area contributed by atoms with Gasteiger partial charge in [0.2, 0.25) is 5.91 Å². The van der Waals surface area contributed by atoms with E-state index < -0.39 is 20.0 Å². The summed E-state index contributed by atoms with van der Waals surface area (Å²) < 4.78 is 30.8. The first kappa shape index (κ1) is 82.9. The average Bonchev–Trinajstić information content (AvgIpc) is 3.70. The molecule has 0 heterocycles. The van der Waals surface area contributed by atoms with Crippen LogP contribution in [0.25, 0.3) is 0 Å². The summed E-state index contributed by atoms with van der Waals surface area (Å²) in [5.74, 6) is -0.547. The van der Waals surface area contributed by atoms with Crippen LogP contribution in [0.4, 0.5) is 0 Å². The van der Waals surface area contributed by atoms with E-state index >= 15 is 0 Å². The maximum atomic E-state index is 13.6. The minimum atomic E-state index is -4.47. The van der Waals surface area contributed by atoms with E-state index in [0.29, 0.717) is 23.9 Å². The molecule has 0 aromatic carbocycles. The molecule has 0 aliphatic rings. The standard InChI is InChI=1S/C77H131N2O7P/c1-7-10-13-16-19-22-25-28-30-32-34-36-38-39-41-42-44-46-48-51-54-57-60-63-66-69-76(80)78-74(73-85-87(82,83)84-72-71-79(4,5)6)75(68-65-62-59-56-53-50-27-24-21-18-15-12-9-3)86-77(81)70-67-64-61-58-55-52-49-47-45-43-40-37-35-33-31-29-26-23-20-17-14-11-8-2/h10-11,13-14,19-20,22-23,28-31,34-37,39,41,43,45,49,52,65,68,74-75H,7-9,12,15-18,21,24-27,32-33,38,40,42,44,46-48,50-51,53-64,66-67,69-73H2,1-6H3,(H-,78,80,82,83)/p+1/b13-10-,14-11-,22-19-,23-20-,30-28-,31-29-,36-34-,37-35-,41-39-,45-43-,52-49-,68-65+. The van der Waals surface area contributed by atoms with Gasteiger partial charge in [0.25, 0.3) is 0 Å². The molecule has 496 valence electrons. The van der Waals surface area contributed by atoms with Crippen molar-refractivity contribution < 1.29 is 37.3 Å². The van der Waals surface area contributed by atoms with Gasteiger partial charge in [-0.1, -0.05) is 283 Å². The fraction of sp³-hybridized carbons (Fsp3) is 0.662. The Morgan fingerprint density at radius 3 is 1.10 bits per heavy atom. The first-order valence-electron chi connectivity index (χ1n) is 35.2. The van der Waals surface area contributed by atoms with Crippen LogP contribution in [0.3, 0.4) is 0 Å². The smallest absolute Gasteiger partial charge is 0.456 e. The number of phosphoric acid groups is 1. The van der Waals surface area contributed by atoms with E-state index in [0.717, 1.165) is 148 Å². The number of hydrogen-bond acceptors (Lipinski definition) is 6. The van der Waals surface area contributed by atoms with Gasteiger partial charge in [-0.25, -0.2) is 4.57 Å². The fourth-order valence-corrected chi connectivity index (χ4v) is 10.2. The van der Waals surface area contributed by atoms with Crippen molar-refractivity contribution in [1.29, 1.82) is 0 Å². The molecule has 0 aromatic rings. The Balaban J connectivity index is 5.22. The highest BCUT2D eigenvalue weighted by Crippen LogP contribution is 2.43. The van der Waals surface area contributed by atoms with Crippen molar-refractivity contribution in [3.8, 4) is 0 Å². The molecule has 0 fully saturated rings. The number of phosphoric ester groups is 1. The van der Waals surface area contributed by atoms with Crippen LogP contribution in [-0.2, 0) is 27.9 Å². The monoisotopic (exact) mass is 1230 g/mol. The maximum absolute atomic E-state index is 13.6. The molecule has 0 spiro atoms. The molecule has 3 unspecified atom stereocenters. The summed E-state index contributed by atoms with van der Waals surface area (Å²) >= 11 is 0. The van der Waals surface area contributed by atoms with E-state index in [1.807, 2.05) is 33.3 Å². The number of carbonyl (C=O) groups is 2. The average molecular weight is 1230 g/mol. The van der Waals surface area contributed by atoms with Gasteiger partial charge >= 0.3 is 13.8 Å². The Morgan fingerprint density at radius 1 is 0.414 bits per heavy atom. The molecule has 0 saturated heterocycles. The van der Waals surface area contributed by atoms with Crippen LogP contribution in [0.5, 0.6) is 0 Å². The van der Waals surface area contributed by atoms with Crippen molar-refractivity contribution in [2.45, 2.75) is 290 Å². The highest BCUT2D eigenvalue weighted by atomic mass is 31.2. The Morgan fingerprint density at radius 2 is 0.736 bits per heavy atom. The van der Waals surface area contributed by atoms with Crippen molar-refractivity contribution in [2.24, 2.45) is 0 Å². The summed E-state index contributed by atoms with van der Waals surface area (Å²) in [4.78, 5) is 37.9. The van der Waals surface area contributed by atoms with E-state index in [1.165, 1.54) is 89.9 Å². The van der Waals surface area contributed by atoms with Crippen LogP contribution in [-0.4, -0.2) is 74.3 Å². The summed E-state index contributed by atoms with van der Waals surface area (Å²) in [6.07, 6.45) is 94.2. The molecule has 0 bridgehead atoms. The third-order valence-corrected chi connectivity index (χ3v) is 15.8. The van der Waals surface area contributed by atoms with Gasteiger partial charge in [0.1, 0.15) is 19.3 Å². The second-order valence-electron chi connectivity index (χ2n) is 24.3. The molecule has 1 amide bonds. The topological polar surface area (TPSA) is 111 Å². The van der Waals surface area contributed by atoms with E-state index in [2.05, 4.69) is 160 Å². The zero-order chi connectivity index (χ0) is 63.5. The van der Waals surface area contributed by atoms with Crippen molar-refractivity contribution in [2.75, 3.05) is 40.9 Å². The maximum Gasteiger partial charge on any atom is 0.472 e. The molecule has 0 aromatic heterocycles. The molecule has 0 rings (SSSR count). The van der Waals surface area contributed by atoms with Crippen LogP contribution in [0.2, 0.25) is 0 Å². The van der Waals surface area contributed by atoms with E-state index in [1.54, 1.807) is 0 Å².